The van der Waals surface area contributed by atoms with Crippen molar-refractivity contribution in [1.29, 1.82) is 0 Å². The summed E-state index contributed by atoms with van der Waals surface area (Å²) in [7, 11) is 1.74. The van der Waals surface area contributed by atoms with Gasteiger partial charge in [0.1, 0.15) is 6.33 Å². The van der Waals surface area contributed by atoms with Crippen LogP contribution in [0.25, 0.3) is 5.65 Å². The number of rotatable bonds is 4. The molecule has 0 aliphatic carbocycles. The molecular formula is C16H22N4O2. The van der Waals surface area contributed by atoms with Crippen molar-refractivity contribution in [3.05, 3.63) is 30.2 Å². The van der Waals surface area contributed by atoms with E-state index >= 15 is 0 Å². The number of carbonyl (C=O) groups is 1. The van der Waals surface area contributed by atoms with Gasteiger partial charge in [-0.25, -0.2) is 0 Å². The Balaban J connectivity index is 1.69. The van der Waals surface area contributed by atoms with Gasteiger partial charge in [0.05, 0.1) is 5.56 Å². The highest BCUT2D eigenvalue weighted by atomic mass is 16.5. The van der Waals surface area contributed by atoms with Crippen LogP contribution in [0.1, 0.15) is 30.1 Å². The lowest BCUT2D eigenvalue weighted by atomic mass is 9.86. The second-order valence-corrected chi connectivity index (χ2v) is 6.05. The Morgan fingerprint density at radius 1 is 1.45 bits per heavy atom. The zero-order valence-electron chi connectivity index (χ0n) is 13.1. The fraction of sp³-hybridized carbons (Fsp3) is 0.562. The Labute approximate surface area is 130 Å². The van der Waals surface area contributed by atoms with Crippen LogP contribution in [0.2, 0.25) is 0 Å². The van der Waals surface area contributed by atoms with Gasteiger partial charge < -0.3 is 9.64 Å². The van der Waals surface area contributed by atoms with E-state index in [1.165, 1.54) is 0 Å². The van der Waals surface area contributed by atoms with E-state index in [1.807, 2.05) is 23.2 Å². The Bertz CT molecular complexity index is 646. The molecule has 0 bridgehead atoms. The molecule has 1 aliphatic rings. The first-order chi connectivity index (χ1) is 10.7. The van der Waals surface area contributed by atoms with Gasteiger partial charge in [-0.05, 0) is 36.8 Å². The second kappa shape index (κ2) is 6.44. The molecule has 1 saturated heterocycles. The lowest BCUT2D eigenvalue weighted by Gasteiger charge is -2.34. The molecule has 0 spiro atoms. The van der Waals surface area contributed by atoms with Crippen molar-refractivity contribution in [1.82, 2.24) is 19.5 Å². The molecular weight excluding hydrogens is 280 g/mol. The SMILES string of the molecule is COC[C@@H](C)C1CCN(C(=O)c2cccn3cnnc23)CC1. The van der Waals surface area contributed by atoms with Crippen LogP contribution in [0.15, 0.2) is 24.7 Å². The average molecular weight is 302 g/mol. The predicted octanol–water partition coefficient (Wildman–Crippen LogP) is 1.86. The van der Waals surface area contributed by atoms with Gasteiger partial charge in [-0.1, -0.05) is 6.92 Å². The van der Waals surface area contributed by atoms with Gasteiger partial charge >= 0.3 is 0 Å². The third-order valence-electron chi connectivity index (χ3n) is 4.62. The number of methoxy groups -OCH3 is 1. The maximum absolute atomic E-state index is 12.7. The minimum absolute atomic E-state index is 0.0523. The van der Waals surface area contributed by atoms with Crippen molar-refractivity contribution in [3.8, 4) is 0 Å². The van der Waals surface area contributed by atoms with Gasteiger partial charge in [-0.3, -0.25) is 9.20 Å². The number of hydrogen-bond acceptors (Lipinski definition) is 4. The van der Waals surface area contributed by atoms with Crippen molar-refractivity contribution in [2.75, 3.05) is 26.8 Å². The number of pyridine rings is 1. The summed E-state index contributed by atoms with van der Waals surface area (Å²) >= 11 is 0. The van der Waals surface area contributed by atoms with E-state index in [0.29, 0.717) is 23.0 Å². The van der Waals surface area contributed by atoms with Crippen LogP contribution in [0.4, 0.5) is 0 Å². The van der Waals surface area contributed by atoms with Gasteiger partial charge in [-0.2, -0.15) is 0 Å². The van der Waals surface area contributed by atoms with Crippen LogP contribution in [-0.2, 0) is 4.74 Å². The fourth-order valence-electron chi connectivity index (χ4n) is 3.26. The van der Waals surface area contributed by atoms with Crippen molar-refractivity contribution >= 4 is 11.6 Å². The molecule has 0 N–H and O–H groups in total. The lowest BCUT2D eigenvalue weighted by Crippen LogP contribution is -2.40. The maximum Gasteiger partial charge on any atom is 0.257 e. The molecule has 0 unspecified atom stereocenters. The Kier molecular flexibility index (Phi) is 4.38. The number of likely N-dealkylation sites (tertiary alicyclic amines) is 1. The molecule has 6 nitrogen and oxygen atoms in total. The van der Waals surface area contributed by atoms with Crippen LogP contribution >= 0.6 is 0 Å². The van der Waals surface area contributed by atoms with E-state index in [1.54, 1.807) is 17.8 Å². The molecule has 3 rings (SSSR count). The first kappa shape index (κ1) is 15.0. The first-order valence-corrected chi connectivity index (χ1v) is 7.77. The zero-order valence-corrected chi connectivity index (χ0v) is 13.1. The van der Waals surface area contributed by atoms with Crippen LogP contribution < -0.4 is 0 Å². The molecule has 1 fully saturated rings. The van der Waals surface area contributed by atoms with Gasteiger partial charge in [0.2, 0.25) is 0 Å². The molecule has 6 heteroatoms. The minimum atomic E-state index is 0.0523. The molecule has 22 heavy (non-hydrogen) atoms. The highest BCUT2D eigenvalue weighted by Crippen LogP contribution is 2.26. The number of aromatic nitrogens is 3. The summed E-state index contributed by atoms with van der Waals surface area (Å²) in [5, 5.41) is 7.92. The van der Waals surface area contributed by atoms with Crippen molar-refractivity contribution in [2.24, 2.45) is 11.8 Å². The van der Waals surface area contributed by atoms with E-state index in [-0.39, 0.29) is 5.91 Å². The molecule has 1 atom stereocenters. The molecule has 2 aromatic heterocycles. The first-order valence-electron chi connectivity index (χ1n) is 7.77. The highest BCUT2D eigenvalue weighted by molar-refractivity contribution is 5.99. The van der Waals surface area contributed by atoms with E-state index in [0.717, 1.165) is 32.5 Å². The Hall–Kier alpha value is -1.95. The Morgan fingerprint density at radius 3 is 2.95 bits per heavy atom. The smallest absolute Gasteiger partial charge is 0.257 e. The van der Waals surface area contributed by atoms with Crippen LogP contribution in [0.5, 0.6) is 0 Å². The number of amides is 1. The maximum atomic E-state index is 12.7. The third kappa shape index (κ3) is 2.83. The number of fused-ring (bicyclic) bond motifs is 1. The molecule has 1 aliphatic heterocycles. The summed E-state index contributed by atoms with van der Waals surface area (Å²) in [5.41, 5.74) is 1.26. The number of nitrogens with zero attached hydrogens (tertiary/aromatic N) is 4. The monoisotopic (exact) mass is 302 g/mol. The normalized spacial score (nSPS) is 17.8. The van der Waals surface area contributed by atoms with Crippen molar-refractivity contribution in [3.63, 3.8) is 0 Å². The zero-order chi connectivity index (χ0) is 15.5. The van der Waals surface area contributed by atoms with Gasteiger partial charge in [0.15, 0.2) is 5.65 Å². The van der Waals surface area contributed by atoms with E-state index in [2.05, 4.69) is 17.1 Å². The van der Waals surface area contributed by atoms with E-state index in [4.69, 9.17) is 4.74 Å². The summed E-state index contributed by atoms with van der Waals surface area (Å²) in [4.78, 5) is 14.7. The Morgan fingerprint density at radius 2 is 2.23 bits per heavy atom. The van der Waals surface area contributed by atoms with Crippen LogP contribution in [0, 0.1) is 11.8 Å². The van der Waals surface area contributed by atoms with Crippen molar-refractivity contribution < 1.29 is 9.53 Å². The largest absolute Gasteiger partial charge is 0.384 e. The van der Waals surface area contributed by atoms with E-state index < -0.39 is 0 Å². The van der Waals surface area contributed by atoms with Gasteiger partial charge in [-0.15, -0.1) is 10.2 Å². The molecule has 0 saturated carbocycles. The van der Waals surface area contributed by atoms with Gasteiger partial charge in [0.25, 0.3) is 5.91 Å². The summed E-state index contributed by atoms with van der Waals surface area (Å²) in [6, 6.07) is 3.68. The molecule has 1 amide bonds. The molecule has 118 valence electrons. The van der Waals surface area contributed by atoms with Crippen molar-refractivity contribution in [2.45, 2.75) is 19.8 Å². The number of piperidine rings is 1. The summed E-state index contributed by atoms with van der Waals surface area (Å²) in [6.07, 6.45) is 5.54. The predicted molar refractivity (Wildman–Crippen MR) is 82.7 cm³/mol. The lowest BCUT2D eigenvalue weighted by molar-refractivity contribution is 0.0600. The minimum Gasteiger partial charge on any atom is -0.384 e. The number of ether oxygens (including phenoxy) is 1. The molecule has 0 radical (unpaired) electrons. The summed E-state index contributed by atoms with van der Waals surface area (Å²) in [5.74, 6) is 1.23. The standard InChI is InChI=1S/C16H22N4O2/c1-12(10-22-2)13-5-8-19(9-6-13)16(21)14-4-3-7-20-11-17-18-15(14)20/h3-4,7,11-13H,5-6,8-10H2,1-2H3/t12-/m1/s1. The van der Waals surface area contributed by atoms with Crippen LogP contribution in [-0.4, -0.2) is 52.2 Å². The average Bonchev–Trinajstić information content (AvgIpc) is 3.03. The van der Waals surface area contributed by atoms with Gasteiger partial charge in [0, 0.05) is 33.0 Å². The number of carbonyl (C=O) groups excluding carboxylic acids is 1. The number of hydrogen-bond donors (Lipinski definition) is 0. The summed E-state index contributed by atoms with van der Waals surface area (Å²) < 4.78 is 7.02. The fourth-order valence-corrected chi connectivity index (χ4v) is 3.26. The topological polar surface area (TPSA) is 59.7 Å². The van der Waals surface area contributed by atoms with Crippen LogP contribution in [0.3, 0.4) is 0 Å². The quantitative estimate of drug-likeness (QED) is 0.865. The van der Waals surface area contributed by atoms with E-state index in [9.17, 15) is 4.79 Å². The summed E-state index contributed by atoms with van der Waals surface area (Å²) in [6.45, 7) is 4.61. The molecule has 3 heterocycles. The second-order valence-electron chi connectivity index (χ2n) is 6.05. The third-order valence-corrected chi connectivity index (χ3v) is 4.62. The highest BCUT2D eigenvalue weighted by Gasteiger charge is 2.27. The molecule has 2 aromatic rings. The molecule has 0 aromatic carbocycles.